The molecule has 0 amide bonds. The molecule has 4 aromatic rings. The largest absolute Gasteiger partial charge is 0.480 e. The molecule has 2 atom stereocenters. The lowest BCUT2D eigenvalue weighted by atomic mass is 9.76. The van der Waals surface area contributed by atoms with E-state index in [0.29, 0.717) is 43.5 Å². The van der Waals surface area contributed by atoms with E-state index in [1.165, 1.54) is 16.8 Å². The van der Waals surface area contributed by atoms with E-state index in [0.717, 1.165) is 29.5 Å². The summed E-state index contributed by atoms with van der Waals surface area (Å²) in [7, 11) is 0. The molecule has 0 aliphatic carbocycles. The number of carbonyl (C=O) groups is 1. The maximum atomic E-state index is 14.9. The first-order valence-corrected chi connectivity index (χ1v) is 15.9. The Bertz CT molecular complexity index is 1760. The fourth-order valence-corrected chi connectivity index (χ4v) is 6.63. The van der Waals surface area contributed by atoms with Gasteiger partial charge in [-0.05, 0) is 73.3 Å². The van der Waals surface area contributed by atoms with Crippen LogP contribution >= 0.6 is 0 Å². The highest BCUT2D eigenvalue weighted by Gasteiger charge is 2.46. The molecule has 1 spiro atoms. The Kier molecular flexibility index (Phi) is 8.73. The smallest absolute Gasteiger partial charge is 0.429 e. The predicted molar refractivity (Wildman–Crippen MR) is 172 cm³/mol. The van der Waals surface area contributed by atoms with Gasteiger partial charge in [-0.1, -0.05) is 50.2 Å². The molecule has 2 aliphatic heterocycles. The first-order valence-electron chi connectivity index (χ1n) is 15.9. The second-order valence-corrected chi connectivity index (χ2v) is 13.1. The summed E-state index contributed by atoms with van der Waals surface area (Å²) in [5.41, 5.74) is 3.49. The molecule has 47 heavy (non-hydrogen) atoms. The van der Waals surface area contributed by atoms with Crippen molar-refractivity contribution in [1.29, 1.82) is 0 Å². The molecular weight excluding hydrogens is 609 g/mol. The third-order valence-corrected chi connectivity index (χ3v) is 9.31. The van der Waals surface area contributed by atoms with Crippen LogP contribution in [0.25, 0.3) is 16.8 Å². The fraction of sp³-hybridized carbons (Fsp3) is 0.429. The zero-order valence-electron chi connectivity index (χ0n) is 26.9. The van der Waals surface area contributed by atoms with Crippen LogP contribution in [0.1, 0.15) is 67.8 Å². The molecule has 0 radical (unpaired) electrons. The lowest BCUT2D eigenvalue weighted by Crippen LogP contribution is -2.41. The normalized spacial score (nSPS) is 18.6. The van der Waals surface area contributed by atoms with E-state index in [2.05, 4.69) is 40.3 Å². The third kappa shape index (κ3) is 6.97. The zero-order valence-corrected chi connectivity index (χ0v) is 26.9. The Labute approximate surface area is 271 Å². The molecule has 2 aromatic heterocycles. The lowest BCUT2D eigenvalue weighted by Gasteiger charge is -2.39. The van der Waals surface area contributed by atoms with E-state index >= 15 is 0 Å². The van der Waals surface area contributed by atoms with Gasteiger partial charge in [-0.15, -0.1) is 0 Å². The summed E-state index contributed by atoms with van der Waals surface area (Å²) < 4.78 is 52.0. The molecule has 2 fully saturated rings. The van der Waals surface area contributed by atoms with E-state index in [1.807, 2.05) is 23.1 Å². The monoisotopic (exact) mass is 648 g/mol. The number of anilines is 1. The molecule has 248 valence electrons. The van der Waals surface area contributed by atoms with E-state index in [4.69, 9.17) is 4.74 Å². The maximum absolute atomic E-state index is 14.9. The highest BCUT2D eigenvalue weighted by Crippen LogP contribution is 2.43. The van der Waals surface area contributed by atoms with Crippen LogP contribution < -0.4 is 15.0 Å². The molecule has 0 saturated carbocycles. The topological polar surface area (TPSA) is 105 Å². The number of piperidine rings is 1. The second kappa shape index (κ2) is 12.6. The van der Waals surface area contributed by atoms with Crippen LogP contribution in [0, 0.1) is 19.3 Å². The molecule has 6 rings (SSSR count). The van der Waals surface area contributed by atoms with Crippen LogP contribution in [0.15, 0.2) is 60.8 Å². The molecule has 2 N–H and O–H groups in total. The minimum Gasteiger partial charge on any atom is -0.480 e. The highest BCUT2D eigenvalue weighted by molar-refractivity contribution is 5.74. The first kappa shape index (κ1) is 32.5. The number of nitrogens with zero attached hydrogens (tertiary/aromatic N) is 5. The number of carboxylic acids is 1. The van der Waals surface area contributed by atoms with Gasteiger partial charge in [0.15, 0.2) is 0 Å². The number of benzene rings is 2. The molecular formula is C35H39F3N6O3. The number of hydrogen-bond donors (Lipinski definition) is 2. The van der Waals surface area contributed by atoms with Gasteiger partial charge in [-0.2, -0.15) is 23.3 Å². The van der Waals surface area contributed by atoms with Gasteiger partial charge >= 0.3 is 12.1 Å². The highest BCUT2D eigenvalue weighted by atomic mass is 19.4. The van der Waals surface area contributed by atoms with Crippen LogP contribution in [0.4, 0.5) is 19.0 Å². The van der Waals surface area contributed by atoms with Crippen molar-refractivity contribution in [3.05, 3.63) is 83.4 Å². The summed E-state index contributed by atoms with van der Waals surface area (Å²) in [4.78, 5) is 22.2. The summed E-state index contributed by atoms with van der Waals surface area (Å²) in [5.74, 6) is 0.0296. The minimum absolute atomic E-state index is 0.0937. The van der Waals surface area contributed by atoms with Crippen molar-refractivity contribution in [2.75, 3.05) is 24.5 Å². The van der Waals surface area contributed by atoms with Crippen molar-refractivity contribution in [1.82, 2.24) is 25.1 Å². The standard InChI is InChI=1S/C35H39F3N6O3/c1-21(2)24-6-5-7-25(16-24)26-8-9-27(29(17-26)44-13-10-22(3)42-44)32(35(36,37)38)47-31-18-30(40-23(4)41-31)43-14-11-34(12-15-43)19-28(33(45)46)39-20-34/h5-10,13,16-18,21,28,32,39H,11-12,14-15,19-20H2,1-4H3,(H,45,46)/t28?,32-/m1/s1. The second-order valence-electron chi connectivity index (χ2n) is 13.1. The Morgan fingerprint density at radius 2 is 1.79 bits per heavy atom. The molecule has 9 nitrogen and oxygen atoms in total. The van der Waals surface area contributed by atoms with Gasteiger partial charge in [-0.25, -0.2) is 9.67 Å². The molecule has 12 heteroatoms. The zero-order chi connectivity index (χ0) is 33.5. The average Bonchev–Trinajstić information content (AvgIpc) is 3.66. The minimum atomic E-state index is -4.78. The van der Waals surface area contributed by atoms with Gasteiger partial charge < -0.3 is 20.1 Å². The Morgan fingerprint density at radius 1 is 1.04 bits per heavy atom. The number of halogens is 3. The Hall–Kier alpha value is -4.45. The van der Waals surface area contributed by atoms with Crippen LogP contribution in [0.3, 0.4) is 0 Å². The van der Waals surface area contributed by atoms with Crippen molar-refractivity contribution < 1.29 is 27.8 Å². The Morgan fingerprint density at radius 3 is 2.43 bits per heavy atom. The quantitative estimate of drug-likeness (QED) is 0.215. The van der Waals surface area contributed by atoms with Gasteiger partial charge in [0.25, 0.3) is 0 Å². The van der Waals surface area contributed by atoms with E-state index in [1.54, 1.807) is 38.2 Å². The van der Waals surface area contributed by atoms with Crippen LogP contribution in [-0.4, -0.2) is 62.7 Å². The van der Waals surface area contributed by atoms with E-state index < -0.39 is 24.3 Å². The van der Waals surface area contributed by atoms with Crippen LogP contribution in [0.5, 0.6) is 5.88 Å². The number of hydrogen-bond acceptors (Lipinski definition) is 7. The van der Waals surface area contributed by atoms with Crippen molar-refractivity contribution in [2.45, 2.75) is 71.2 Å². The summed E-state index contributed by atoms with van der Waals surface area (Å²) in [6.07, 6.45) is -3.42. The fourth-order valence-electron chi connectivity index (χ4n) is 6.63. The molecule has 2 aliphatic rings. The number of rotatable bonds is 8. The Balaban J connectivity index is 1.31. The molecule has 1 unspecified atom stereocenters. The van der Waals surface area contributed by atoms with Gasteiger partial charge in [0.2, 0.25) is 12.0 Å². The number of aryl methyl sites for hydroxylation is 2. The van der Waals surface area contributed by atoms with Gasteiger partial charge in [0.05, 0.1) is 11.4 Å². The predicted octanol–water partition coefficient (Wildman–Crippen LogP) is 6.79. The van der Waals surface area contributed by atoms with Crippen LogP contribution in [0.2, 0.25) is 0 Å². The first-order chi connectivity index (χ1) is 22.3. The number of nitrogens with one attached hydrogen (secondary N) is 1. The van der Waals surface area contributed by atoms with Crippen LogP contribution in [-0.2, 0) is 4.79 Å². The van der Waals surface area contributed by atoms with Gasteiger partial charge in [0.1, 0.15) is 17.7 Å². The number of aromatic nitrogens is 4. The average molecular weight is 649 g/mol. The number of aliphatic carboxylic acids is 1. The van der Waals surface area contributed by atoms with E-state index in [-0.39, 0.29) is 28.4 Å². The molecule has 0 bridgehead atoms. The maximum Gasteiger partial charge on any atom is 0.429 e. The summed E-state index contributed by atoms with van der Waals surface area (Å²) in [6, 6.07) is 15.5. The number of alkyl halides is 3. The third-order valence-electron chi connectivity index (χ3n) is 9.31. The van der Waals surface area contributed by atoms with Crippen molar-refractivity contribution >= 4 is 11.8 Å². The van der Waals surface area contributed by atoms with Crippen molar-refractivity contribution in [2.24, 2.45) is 5.41 Å². The lowest BCUT2D eigenvalue weighted by molar-refractivity contribution is -0.198. The summed E-state index contributed by atoms with van der Waals surface area (Å²) in [5, 5.41) is 17.0. The SMILES string of the molecule is Cc1ccn(-c2cc(-c3cccc(C(C)C)c3)ccc2[C@@H](Oc2cc(N3CCC4(CC3)CNC(C(=O)O)C4)nc(C)n2)C(F)(F)F)n1. The summed E-state index contributed by atoms with van der Waals surface area (Å²) in [6.45, 7) is 9.41. The molecule has 2 saturated heterocycles. The summed E-state index contributed by atoms with van der Waals surface area (Å²) >= 11 is 0. The van der Waals surface area contributed by atoms with E-state index in [9.17, 15) is 23.1 Å². The van der Waals surface area contributed by atoms with Gasteiger partial charge in [0, 0.05) is 37.5 Å². The number of carboxylic acid groups (broad SMARTS) is 1. The molecule has 2 aromatic carbocycles. The van der Waals surface area contributed by atoms with Gasteiger partial charge in [-0.3, -0.25) is 4.79 Å². The number of ether oxygens (including phenoxy) is 1. The van der Waals surface area contributed by atoms with Crippen molar-refractivity contribution in [3.63, 3.8) is 0 Å². The molecule has 4 heterocycles. The van der Waals surface area contributed by atoms with Crippen molar-refractivity contribution in [3.8, 4) is 22.7 Å².